The molecule has 1 aliphatic rings. The number of thioether (sulfide) groups is 1. The number of rotatable bonds is 3. The minimum atomic E-state index is -4.62. The molecule has 0 amide bonds. The molecule has 2 aromatic carbocycles. The number of hydrogen-bond donors (Lipinski definition) is 0. The quantitative estimate of drug-likeness (QED) is 0.249. The van der Waals surface area contributed by atoms with Gasteiger partial charge >= 0.3 is 103 Å². The zero-order chi connectivity index (χ0) is 18.4. The number of benzene rings is 2. The molecule has 12 heteroatoms. The van der Waals surface area contributed by atoms with Gasteiger partial charge in [-0.25, -0.2) is 16.8 Å². The predicted molar refractivity (Wildman–Crippen MR) is 87.0 cm³/mol. The van der Waals surface area contributed by atoms with E-state index in [-0.39, 0.29) is 124 Å². The number of fused-ring (bicyclic) bond motifs is 1. The topological polar surface area (TPSA) is 131 Å². The molecule has 0 aromatic heterocycles. The van der Waals surface area contributed by atoms with Crippen LogP contribution in [0.1, 0.15) is 15.9 Å². The van der Waals surface area contributed by atoms with Crippen LogP contribution in [0.4, 0.5) is 0 Å². The summed E-state index contributed by atoms with van der Waals surface area (Å²) in [4.78, 5) is 12.2. The van der Waals surface area contributed by atoms with Crippen molar-refractivity contribution >= 4 is 43.9 Å². The summed E-state index contributed by atoms with van der Waals surface area (Å²) in [6, 6.07) is 8.53. The molecule has 27 heavy (non-hydrogen) atoms. The first-order valence-corrected chi connectivity index (χ1v) is 10.3. The van der Waals surface area contributed by atoms with Crippen molar-refractivity contribution in [2.45, 2.75) is 14.7 Å². The van der Waals surface area contributed by atoms with Gasteiger partial charge in [-0.2, -0.15) is 0 Å². The molecule has 0 bridgehead atoms. The molecular formula is C15H8K2O7S3. The number of ketones is 1. The van der Waals surface area contributed by atoms with Crippen molar-refractivity contribution in [2.75, 3.05) is 0 Å². The molecule has 0 saturated heterocycles. The molecule has 130 valence electrons. The van der Waals surface area contributed by atoms with E-state index in [1.54, 1.807) is 0 Å². The first-order valence-electron chi connectivity index (χ1n) is 6.66. The third kappa shape index (κ3) is 6.38. The van der Waals surface area contributed by atoms with Gasteiger partial charge < -0.3 is 9.11 Å². The molecule has 0 fully saturated rings. The van der Waals surface area contributed by atoms with Crippen LogP contribution in [0.3, 0.4) is 0 Å². The van der Waals surface area contributed by atoms with E-state index in [4.69, 9.17) is 0 Å². The van der Waals surface area contributed by atoms with Crippen LogP contribution in [-0.2, 0) is 20.2 Å². The molecule has 1 aliphatic heterocycles. The van der Waals surface area contributed by atoms with E-state index in [2.05, 4.69) is 0 Å². The van der Waals surface area contributed by atoms with E-state index >= 15 is 0 Å². The SMILES string of the molecule is O=C1/C(=C/c2ccc(S(=O)(=O)[O-])cc2)Sc2cc(S(=O)(=O)[O-])ccc21.[K+].[K+]. The summed E-state index contributed by atoms with van der Waals surface area (Å²) < 4.78 is 65.9. The first kappa shape index (κ1) is 26.3. The van der Waals surface area contributed by atoms with Gasteiger partial charge in [0.15, 0.2) is 0 Å². The van der Waals surface area contributed by atoms with Crippen LogP contribution in [0.5, 0.6) is 0 Å². The Labute approximate surface area is 245 Å². The monoisotopic (exact) mass is 474 g/mol. The third-order valence-corrected chi connectivity index (χ3v) is 6.16. The second-order valence-corrected chi connectivity index (χ2v) is 8.92. The fourth-order valence-electron chi connectivity index (χ4n) is 2.20. The molecule has 0 spiro atoms. The van der Waals surface area contributed by atoms with Gasteiger partial charge in [0, 0.05) is 10.5 Å². The number of carbonyl (C=O) groups is 1. The van der Waals surface area contributed by atoms with Crippen molar-refractivity contribution in [1.29, 1.82) is 0 Å². The van der Waals surface area contributed by atoms with Gasteiger partial charge in [-0.1, -0.05) is 23.9 Å². The Kier molecular flexibility index (Phi) is 9.82. The maximum atomic E-state index is 12.3. The van der Waals surface area contributed by atoms with Crippen molar-refractivity contribution in [3.05, 3.63) is 58.5 Å². The summed E-state index contributed by atoms with van der Waals surface area (Å²) in [6.07, 6.45) is 1.49. The Balaban J connectivity index is 0.00000182. The molecule has 0 saturated carbocycles. The summed E-state index contributed by atoms with van der Waals surface area (Å²) in [7, 11) is -9.17. The molecule has 0 unspecified atom stereocenters. The minimum Gasteiger partial charge on any atom is -0.744 e. The summed E-state index contributed by atoms with van der Waals surface area (Å²) in [6.45, 7) is 0. The van der Waals surface area contributed by atoms with Gasteiger partial charge in [0.2, 0.25) is 5.78 Å². The Morgan fingerprint density at radius 1 is 0.815 bits per heavy atom. The van der Waals surface area contributed by atoms with Crippen LogP contribution in [0.15, 0.2) is 62.1 Å². The van der Waals surface area contributed by atoms with Gasteiger partial charge in [-0.15, -0.1) is 0 Å². The molecule has 0 atom stereocenters. The Hall–Kier alpha value is 1.29. The molecular weight excluding hydrogens is 467 g/mol. The molecule has 3 rings (SSSR count). The Morgan fingerprint density at radius 2 is 1.33 bits per heavy atom. The molecule has 0 radical (unpaired) electrons. The van der Waals surface area contributed by atoms with E-state index in [0.717, 1.165) is 36.0 Å². The Morgan fingerprint density at radius 3 is 1.85 bits per heavy atom. The largest absolute Gasteiger partial charge is 1.00 e. The van der Waals surface area contributed by atoms with Gasteiger partial charge in [-0.05, 0) is 42.0 Å². The van der Waals surface area contributed by atoms with Gasteiger partial charge in [0.25, 0.3) is 0 Å². The van der Waals surface area contributed by atoms with E-state index in [9.17, 15) is 30.7 Å². The van der Waals surface area contributed by atoms with Crippen molar-refractivity contribution in [3.63, 3.8) is 0 Å². The standard InChI is InChI=1S/C15H10O7S3.2K/c16-15-12-6-5-11(25(20,21)22)8-13(12)23-14(15)7-9-1-3-10(4-2-9)24(17,18)19;;/h1-8H,(H,17,18,19)(H,20,21,22);;/q;2*+1/p-2/b14-7-;;. The predicted octanol–water partition coefficient (Wildman–Crippen LogP) is -4.17. The second-order valence-electron chi connectivity index (χ2n) is 5.08. The first-order chi connectivity index (χ1) is 11.6. The maximum Gasteiger partial charge on any atom is 1.00 e. The average molecular weight is 475 g/mol. The number of hydrogen-bond acceptors (Lipinski definition) is 8. The van der Waals surface area contributed by atoms with Crippen LogP contribution < -0.4 is 103 Å². The second kappa shape index (κ2) is 10.1. The smallest absolute Gasteiger partial charge is 0.744 e. The van der Waals surface area contributed by atoms with Crippen LogP contribution >= 0.6 is 11.8 Å². The van der Waals surface area contributed by atoms with E-state index in [1.165, 1.54) is 24.3 Å². The maximum absolute atomic E-state index is 12.3. The van der Waals surface area contributed by atoms with Crippen molar-refractivity contribution in [2.24, 2.45) is 0 Å². The number of allylic oxidation sites excluding steroid dienone is 1. The number of carbonyl (C=O) groups excluding carboxylic acids is 1. The Bertz CT molecular complexity index is 1120. The van der Waals surface area contributed by atoms with Crippen molar-refractivity contribution in [3.8, 4) is 0 Å². The van der Waals surface area contributed by atoms with Gasteiger partial charge in [0.05, 0.1) is 14.7 Å². The fourth-order valence-corrected chi connectivity index (χ4v) is 4.34. The van der Waals surface area contributed by atoms with Crippen molar-refractivity contribution in [1.82, 2.24) is 0 Å². The summed E-state index contributed by atoms with van der Waals surface area (Å²) in [5.41, 5.74) is 0.773. The van der Waals surface area contributed by atoms with Crippen LogP contribution in [0.2, 0.25) is 0 Å². The van der Waals surface area contributed by atoms with Crippen LogP contribution in [-0.4, -0.2) is 31.7 Å². The summed E-state index contributed by atoms with van der Waals surface area (Å²) in [5, 5.41) is 0. The zero-order valence-electron chi connectivity index (χ0n) is 14.2. The molecule has 7 nitrogen and oxygen atoms in total. The minimum absolute atomic E-state index is 0. The number of Topliss-reactive ketones (excluding diaryl/α,β-unsaturated/α-hetero) is 1. The summed E-state index contributed by atoms with van der Waals surface area (Å²) >= 11 is 1.01. The zero-order valence-corrected chi connectivity index (χ0v) is 22.9. The van der Waals surface area contributed by atoms with Crippen LogP contribution in [0, 0.1) is 0 Å². The molecule has 2 aromatic rings. The normalized spacial score (nSPS) is 15.0. The van der Waals surface area contributed by atoms with E-state index in [1.807, 2.05) is 0 Å². The van der Waals surface area contributed by atoms with Crippen molar-refractivity contribution < 1.29 is 134 Å². The molecule has 0 aliphatic carbocycles. The van der Waals surface area contributed by atoms with Crippen LogP contribution in [0.25, 0.3) is 6.08 Å². The van der Waals surface area contributed by atoms with Gasteiger partial charge in [0.1, 0.15) is 20.2 Å². The molecule has 0 N–H and O–H groups in total. The molecule has 1 heterocycles. The third-order valence-electron chi connectivity index (χ3n) is 3.40. The fraction of sp³-hybridized carbons (Fsp3) is 0. The average Bonchev–Trinajstić information content (AvgIpc) is 2.82. The van der Waals surface area contributed by atoms with E-state index < -0.39 is 25.1 Å². The van der Waals surface area contributed by atoms with E-state index in [0.29, 0.717) is 10.5 Å². The van der Waals surface area contributed by atoms with Gasteiger partial charge in [-0.3, -0.25) is 4.79 Å². The summed E-state index contributed by atoms with van der Waals surface area (Å²) in [5.74, 6) is -0.338.